The summed E-state index contributed by atoms with van der Waals surface area (Å²) in [6.07, 6.45) is 0. The minimum Gasteiger partial charge on any atom is -0.453 e. The number of ketones is 1. The number of fused-ring (bicyclic) bond motifs is 1. The number of benzene rings is 2. The monoisotopic (exact) mass is 290 g/mol. The number of rotatable bonds is 2. The van der Waals surface area contributed by atoms with E-state index in [1.54, 1.807) is 48.5 Å². The summed E-state index contributed by atoms with van der Waals surface area (Å²) in [5, 5.41) is 1.81. The first kappa shape index (κ1) is 12.3. The Labute approximate surface area is 119 Å². The number of carbonyl (C=O) groups excluding carboxylic acids is 1. The Morgan fingerprint density at radius 1 is 1.00 bits per heavy atom. The molecule has 94 valence electrons. The topological polar surface area (TPSA) is 30.2 Å². The predicted octanol–water partition coefficient (Wildman–Crippen LogP) is 4.97. The first-order valence-electron chi connectivity index (χ1n) is 5.63. The predicted molar refractivity (Wildman–Crippen MR) is 76.1 cm³/mol. The van der Waals surface area contributed by atoms with Gasteiger partial charge in [-0.1, -0.05) is 41.4 Å². The van der Waals surface area contributed by atoms with E-state index >= 15 is 0 Å². The van der Waals surface area contributed by atoms with Crippen molar-refractivity contribution in [2.75, 3.05) is 0 Å². The molecule has 0 spiro atoms. The van der Waals surface area contributed by atoms with Crippen LogP contribution in [0.4, 0.5) is 0 Å². The van der Waals surface area contributed by atoms with Crippen LogP contribution >= 0.6 is 23.2 Å². The van der Waals surface area contributed by atoms with E-state index in [0.29, 0.717) is 21.2 Å². The highest BCUT2D eigenvalue weighted by atomic mass is 35.5. The quantitative estimate of drug-likeness (QED) is 0.624. The van der Waals surface area contributed by atoms with Crippen LogP contribution in [0, 0.1) is 0 Å². The van der Waals surface area contributed by atoms with Crippen molar-refractivity contribution in [3.8, 4) is 0 Å². The van der Waals surface area contributed by atoms with Gasteiger partial charge < -0.3 is 4.42 Å². The maximum absolute atomic E-state index is 12.3. The number of carbonyl (C=O) groups is 1. The van der Waals surface area contributed by atoms with Crippen molar-refractivity contribution in [1.82, 2.24) is 0 Å². The molecule has 0 fully saturated rings. The van der Waals surface area contributed by atoms with Gasteiger partial charge in [0.15, 0.2) is 5.76 Å². The highest BCUT2D eigenvalue weighted by Gasteiger charge is 2.15. The Morgan fingerprint density at radius 2 is 1.79 bits per heavy atom. The van der Waals surface area contributed by atoms with Crippen LogP contribution < -0.4 is 0 Å². The van der Waals surface area contributed by atoms with Crippen molar-refractivity contribution in [1.29, 1.82) is 0 Å². The Hall–Kier alpha value is -1.77. The van der Waals surface area contributed by atoms with Gasteiger partial charge in [-0.15, -0.1) is 0 Å². The molecule has 3 rings (SSSR count). The van der Waals surface area contributed by atoms with Crippen LogP contribution in [0.3, 0.4) is 0 Å². The molecule has 1 heterocycles. The van der Waals surface area contributed by atoms with Gasteiger partial charge >= 0.3 is 0 Å². The molecule has 0 aliphatic rings. The van der Waals surface area contributed by atoms with Crippen LogP contribution in [0.1, 0.15) is 16.1 Å². The maximum Gasteiger partial charge on any atom is 0.228 e. The largest absolute Gasteiger partial charge is 0.453 e. The molecule has 0 bridgehead atoms. The van der Waals surface area contributed by atoms with Gasteiger partial charge in [-0.25, -0.2) is 0 Å². The smallest absolute Gasteiger partial charge is 0.228 e. The van der Waals surface area contributed by atoms with Crippen molar-refractivity contribution >= 4 is 40.0 Å². The van der Waals surface area contributed by atoms with Crippen LogP contribution in [0.15, 0.2) is 52.9 Å². The van der Waals surface area contributed by atoms with E-state index in [-0.39, 0.29) is 11.5 Å². The zero-order valence-electron chi connectivity index (χ0n) is 9.69. The highest BCUT2D eigenvalue weighted by molar-refractivity contribution is 6.35. The van der Waals surface area contributed by atoms with Crippen LogP contribution in [-0.4, -0.2) is 5.78 Å². The van der Waals surface area contributed by atoms with Gasteiger partial charge in [0.2, 0.25) is 5.78 Å². The molecule has 3 aromatic rings. The lowest BCUT2D eigenvalue weighted by molar-refractivity contribution is 0.101. The molecular formula is C15H8Cl2O2. The van der Waals surface area contributed by atoms with Crippen molar-refractivity contribution in [2.24, 2.45) is 0 Å². The van der Waals surface area contributed by atoms with Gasteiger partial charge in [0.1, 0.15) is 5.58 Å². The molecule has 19 heavy (non-hydrogen) atoms. The first-order valence-corrected chi connectivity index (χ1v) is 6.39. The maximum atomic E-state index is 12.3. The minimum atomic E-state index is -0.213. The Kier molecular flexibility index (Phi) is 3.05. The molecule has 0 saturated carbocycles. The van der Waals surface area contributed by atoms with Gasteiger partial charge in [0.25, 0.3) is 0 Å². The van der Waals surface area contributed by atoms with E-state index in [9.17, 15) is 4.79 Å². The third-order valence-corrected chi connectivity index (χ3v) is 3.38. The SMILES string of the molecule is O=C(c1cccc(Cl)c1)c1cc2c(Cl)cccc2o1. The van der Waals surface area contributed by atoms with E-state index in [1.165, 1.54) is 0 Å². The summed E-state index contributed by atoms with van der Waals surface area (Å²) in [7, 11) is 0. The zero-order valence-corrected chi connectivity index (χ0v) is 11.2. The van der Waals surface area contributed by atoms with Gasteiger partial charge in [-0.05, 0) is 30.3 Å². The van der Waals surface area contributed by atoms with Crippen LogP contribution in [0.5, 0.6) is 0 Å². The first-order chi connectivity index (χ1) is 9.15. The van der Waals surface area contributed by atoms with E-state index in [4.69, 9.17) is 27.6 Å². The van der Waals surface area contributed by atoms with Gasteiger partial charge in [0.05, 0.1) is 5.02 Å². The number of furan rings is 1. The number of halogens is 2. The molecule has 0 N–H and O–H groups in total. The van der Waals surface area contributed by atoms with E-state index in [2.05, 4.69) is 0 Å². The Bertz CT molecular complexity index is 775. The lowest BCUT2D eigenvalue weighted by Gasteiger charge is -1.97. The van der Waals surface area contributed by atoms with Gasteiger partial charge in [0, 0.05) is 16.0 Å². The van der Waals surface area contributed by atoms with Crippen molar-refractivity contribution in [3.05, 3.63) is 69.9 Å². The van der Waals surface area contributed by atoms with Crippen molar-refractivity contribution in [3.63, 3.8) is 0 Å². The number of hydrogen-bond donors (Lipinski definition) is 0. The number of hydrogen-bond acceptors (Lipinski definition) is 2. The molecule has 0 aliphatic heterocycles. The molecule has 2 nitrogen and oxygen atoms in total. The van der Waals surface area contributed by atoms with Crippen molar-refractivity contribution < 1.29 is 9.21 Å². The highest BCUT2D eigenvalue weighted by Crippen LogP contribution is 2.28. The van der Waals surface area contributed by atoms with Crippen molar-refractivity contribution in [2.45, 2.75) is 0 Å². The summed E-state index contributed by atoms with van der Waals surface area (Å²) in [6.45, 7) is 0. The van der Waals surface area contributed by atoms with E-state index in [1.807, 2.05) is 0 Å². The fraction of sp³-hybridized carbons (Fsp3) is 0. The molecule has 1 aromatic heterocycles. The van der Waals surface area contributed by atoms with Gasteiger partial charge in [-0.2, -0.15) is 0 Å². The zero-order chi connectivity index (χ0) is 13.4. The molecule has 4 heteroatoms. The van der Waals surface area contributed by atoms with Gasteiger partial charge in [-0.3, -0.25) is 4.79 Å². The lowest BCUT2D eigenvalue weighted by Crippen LogP contribution is -1.98. The Balaban J connectivity index is 2.09. The summed E-state index contributed by atoms with van der Waals surface area (Å²) in [5.41, 5.74) is 1.08. The summed E-state index contributed by atoms with van der Waals surface area (Å²) in [6, 6.07) is 13.7. The Morgan fingerprint density at radius 3 is 2.53 bits per heavy atom. The second-order valence-corrected chi connectivity index (χ2v) is 4.95. The average molecular weight is 291 g/mol. The molecule has 0 radical (unpaired) electrons. The average Bonchev–Trinajstić information content (AvgIpc) is 2.83. The fourth-order valence-corrected chi connectivity index (χ4v) is 2.32. The molecule has 0 atom stereocenters. The van der Waals surface area contributed by atoms with Crippen LogP contribution in [0.25, 0.3) is 11.0 Å². The minimum absolute atomic E-state index is 0.213. The van der Waals surface area contributed by atoms with E-state index in [0.717, 1.165) is 5.39 Å². The normalized spacial score (nSPS) is 10.8. The van der Waals surface area contributed by atoms with Crippen LogP contribution in [0.2, 0.25) is 10.0 Å². The molecular weight excluding hydrogens is 283 g/mol. The standard InChI is InChI=1S/C15H8Cl2O2/c16-10-4-1-3-9(7-10)15(18)14-8-11-12(17)5-2-6-13(11)19-14/h1-8H. The molecule has 0 aliphatic carbocycles. The fourth-order valence-electron chi connectivity index (χ4n) is 1.91. The molecule has 0 amide bonds. The lowest BCUT2D eigenvalue weighted by atomic mass is 10.1. The third-order valence-electron chi connectivity index (χ3n) is 2.82. The second-order valence-electron chi connectivity index (χ2n) is 4.10. The molecule has 0 unspecified atom stereocenters. The summed E-state index contributed by atoms with van der Waals surface area (Å²) < 4.78 is 5.53. The summed E-state index contributed by atoms with van der Waals surface area (Å²) >= 11 is 11.9. The second kappa shape index (κ2) is 4.72. The molecule has 2 aromatic carbocycles. The van der Waals surface area contributed by atoms with E-state index < -0.39 is 0 Å². The third kappa shape index (κ3) is 2.25. The summed E-state index contributed by atoms with van der Waals surface area (Å²) in [5.74, 6) is 0.0418. The van der Waals surface area contributed by atoms with Crippen LogP contribution in [-0.2, 0) is 0 Å². The summed E-state index contributed by atoms with van der Waals surface area (Å²) in [4.78, 5) is 12.3. The molecule has 0 saturated heterocycles.